The third-order valence-corrected chi connectivity index (χ3v) is 2.74. The highest BCUT2D eigenvalue weighted by Crippen LogP contribution is 2.19. The van der Waals surface area contributed by atoms with Gasteiger partial charge >= 0.3 is 0 Å². The Bertz CT molecular complexity index is 264. The Balaban J connectivity index is 2.69. The molecular formula is C11H16BrN. The van der Waals surface area contributed by atoms with Gasteiger partial charge in [0.1, 0.15) is 0 Å². The molecule has 0 fully saturated rings. The first-order valence-corrected chi connectivity index (χ1v) is 5.36. The van der Waals surface area contributed by atoms with E-state index in [1.54, 1.807) is 0 Å². The Morgan fingerprint density at radius 2 is 1.77 bits per heavy atom. The summed E-state index contributed by atoms with van der Waals surface area (Å²) in [5.41, 5.74) is 1.35. The number of halogens is 1. The van der Waals surface area contributed by atoms with E-state index in [9.17, 15) is 0 Å². The van der Waals surface area contributed by atoms with Gasteiger partial charge in [-0.3, -0.25) is 0 Å². The molecule has 1 aromatic rings. The van der Waals surface area contributed by atoms with Crippen LogP contribution < -0.4 is 5.32 Å². The molecule has 0 heterocycles. The third-order valence-electron chi connectivity index (χ3n) is 2.21. The molecule has 0 aromatic heterocycles. The van der Waals surface area contributed by atoms with Gasteiger partial charge in [0, 0.05) is 15.7 Å². The van der Waals surface area contributed by atoms with E-state index in [1.807, 2.05) is 12.1 Å². The van der Waals surface area contributed by atoms with Crippen molar-refractivity contribution in [1.29, 1.82) is 0 Å². The summed E-state index contributed by atoms with van der Waals surface area (Å²) in [5.74, 6) is 0. The Morgan fingerprint density at radius 3 is 2.23 bits per heavy atom. The number of hydrogen-bond donors (Lipinski definition) is 1. The van der Waals surface area contributed by atoms with E-state index < -0.39 is 0 Å². The fraction of sp³-hybridized carbons (Fsp3) is 0.455. The van der Waals surface area contributed by atoms with Gasteiger partial charge < -0.3 is 5.32 Å². The zero-order chi connectivity index (χ0) is 9.90. The number of benzene rings is 1. The van der Waals surface area contributed by atoms with Crippen molar-refractivity contribution < 1.29 is 0 Å². The summed E-state index contributed by atoms with van der Waals surface area (Å²) in [7, 11) is 0. The smallest absolute Gasteiger partial charge is 0.0345 e. The molecule has 1 rings (SSSR count). The number of nitrogens with one attached hydrogen (secondary N) is 1. The molecule has 0 aliphatic heterocycles. The summed E-state index contributed by atoms with van der Waals surface area (Å²) in [4.78, 5) is 0. The summed E-state index contributed by atoms with van der Waals surface area (Å²) < 4.78 is 1.12. The first kappa shape index (κ1) is 10.6. The van der Waals surface area contributed by atoms with Crippen LogP contribution in [0.4, 0.5) is 5.69 Å². The first-order chi connectivity index (χ1) is 6.03. The van der Waals surface area contributed by atoms with Crippen molar-refractivity contribution in [1.82, 2.24) is 0 Å². The van der Waals surface area contributed by atoms with E-state index in [1.165, 1.54) is 5.69 Å². The van der Waals surface area contributed by atoms with E-state index in [0.717, 1.165) is 10.9 Å². The molecule has 0 saturated carbocycles. The minimum absolute atomic E-state index is 0.174. The molecule has 72 valence electrons. The van der Waals surface area contributed by atoms with Crippen molar-refractivity contribution in [3.63, 3.8) is 0 Å². The predicted molar refractivity (Wildman–Crippen MR) is 62.1 cm³/mol. The lowest BCUT2D eigenvalue weighted by Crippen LogP contribution is -2.29. The van der Waals surface area contributed by atoms with E-state index in [-0.39, 0.29) is 5.54 Å². The lowest BCUT2D eigenvalue weighted by molar-refractivity contribution is 0.547. The van der Waals surface area contributed by atoms with Crippen LogP contribution in [0, 0.1) is 0 Å². The standard InChI is InChI=1S/C11H16BrN/c1-4-11(2,3)13-10-7-5-9(12)6-8-10/h5-8,13H,4H2,1-3H3. The van der Waals surface area contributed by atoms with Crippen LogP contribution >= 0.6 is 15.9 Å². The van der Waals surface area contributed by atoms with Crippen LogP contribution in [-0.4, -0.2) is 5.54 Å². The van der Waals surface area contributed by atoms with Gasteiger partial charge in [0.25, 0.3) is 0 Å². The topological polar surface area (TPSA) is 12.0 Å². The SMILES string of the molecule is CCC(C)(C)Nc1ccc(Br)cc1. The first-order valence-electron chi connectivity index (χ1n) is 4.57. The Hall–Kier alpha value is -0.500. The maximum atomic E-state index is 3.47. The molecule has 0 spiro atoms. The van der Waals surface area contributed by atoms with E-state index in [4.69, 9.17) is 0 Å². The molecule has 0 bridgehead atoms. The summed E-state index contributed by atoms with van der Waals surface area (Å²) in [6.45, 7) is 6.59. The zero-order valence-electron chi connectivity index (χ0n) is 8.39. The lowest BCUT2D eigenvalue weighted by atomic mass is 10.0. The van der Waals surface area contributed by atoms with E-state index in [0.29, 0.717) is 0 Å². The molecule has 1 nitrogen and oxygen atoms in total. The summed E-state index contributed by atoms with van der Waals surface area (Å²) in [6, 6.07) is 8.27. The second-order valence-electron chi connectivity index (χ2n) is 3.87. The fourth-order valence-electron chi connectivity index (χ4n) is 1.01. The second-order valence-corrected chi connectivity index (χ2v) is 4.79. The normalized spacial score (nSPS) is 11.4. The van der Waals surface area contributed by atoms with Crippen LogP contribution in [0.5, 0.6) is 0 Å². The summed E-state index contributed by atoms with van der Waals surface area (Å²) in [5, 5.41) is 3.47. The number of hydrogen-bond acceptors (Lipinski definition) is 1. The largest absolute Gasteiger partial charge is 0.380 e. The third kappa shape index (κ3) is 3.39. The van der Waals surface area contributed by atoms with Gasteiger partial charge in [-0.15, -0.1) is 0 Å². The molecule has 0 saturated heterocycles. The number of rotatable bonds is 3. The highest BCUT2D eigenvalue weighted by atomic mass is 79.9. The van der Waals surface area contributed by atoms with Crippen molar-refractivity contribution >= 4 is 21.6 Å². The van der Waals surface area contributed by atoms with Crippen LogP contribution in [0.1, 0.15) is 27.2 Å². The van der Waals surface area contributed by atoms with Crippen molar-refractivity contribution in [2.24, 2.45) is 0 Å². The zero-order valence-corrected chi connectivity index (χ0v) is 9.98. The Kier molecular flexibility index (Phi) is 3.37. The molecule has 0 aliphatic carbocycles. The molecule has 2 heteroatoms. The van der Waals surface area contributed by atoms with Crippen LogP contribution in [-0.2, 0) is 0 Å². The molecule has 0 aliphatic rings. The van der Waals surface area contributed by atoms with Crippen molar-refractivity contribution in [3.05, 3.63) is 28.7 Å². The quantitative estimate of drug-likeness (QED) is 0.843. The molecular weight excluding hydrogens is 226 g/mol. The average Bonchev–Trinajstić information content (AvgIpc) is 2.09. The monoisotopic (exact) mass is 241 g/mol. The average molecular weight is 242 g/mol. The Labute approximate surface area is 88.7 Å². The van der Waals surface area contributed by atoms with Crippen LogP contribution in [0.3, 0.4) is 0 Å². The minimum atomic E-state index is 0.174. The number of anilines is 1. The maximum Gasteiger partial charge on any atom is 0.0345 e. The maximum absolute atomic E-state index is 3.47. The van der Waals surface area contributed by atoms with E-state index in [2.05, 4.69) is 54.2 Å². The summed E-state index contributed by atoms with van der Waals surface area (Å²) in [6.07, 6.45) is 1.11. The molecule has 1 N–H and O–H groups in total. The molecule has 13 heavy (non-hydrogen) atoms. The van der Waals surface area contributed by atoms with Crippen molar-refractivity contribution in [3.8, 4) is 0 Å². The van der Waals surface area contributed by atoms with Gasteiger partial charge in [-0.2, -0.15) is 0 Å². The summed E-state index contributed by atoms with van der Waals surface area (Å²) >= 11 is 3.41. The van der Waals surface area contributed by atoms with Gasteiger partial charge in [0.2, 0.25) is 0 Å². The molecule has 0 radical (unpaired) electrons. The van der Waals surface area contributed by atoms with Gasteiger partial charge in [-0.25, -0.2) is 0 Å². The predicted octanol–water partition coefficient (Wildman–Crippen LogP) is 4.05. The van der Waals surface area contributed by atoms with Gasteiger partial charge in [0.15, 0.2) is 0 Å². The lowest BCUT2D eigenvalue weighted by Gasteiger charge is -2.25. The highest BCUT2D eigenvalue weighted by Gasteiger charge is 2.13. The van der Waals surface area contributed by atoms with Gasteiger partial charge in [-0.05, 0) is 44.5 Å². The second kappa shape index (κ2) is 4.14. The van der Waals surface area contributed by atoms with Crippen LogP contribution in [0.2, 0.25) is 0 Å². The minimum Gasteiger partial charge on any atom is -0.380 e. The van der Waals surface area contributed by atoms with Crippen LogP contribution in [0.15, 0.2) is 28.7 Å². The van der Waals surface area contributed by atoms with Crippen molar-refractivity contribution in [2.75, 3.05) is 5.32 Å². The fourth-order valence-corrected chi connectivity index (χ4v) is 1.28. The molecule has 1 aromatic carbocycles. The molecule has 0 atom stereocenters. The van der Waals surface area contributed by atoms with E-state index >= 15 is 0 Å². The van der Waals surface area contributed by atoms with Gasteiger partial charge in [-0.1, -0.05) is 22.9 Å². The van der Waals surface area contributed by atoms with Gasteiger partial charge in [0.05, 0.1) is 0 Å². The molecule has 0 amide bonds. The Morgan fingerprint density at radius 1 is 1.23 bits per heavy atom. The highest BCUT2D eigenvalue weighted by molar-refractivity contribution is 9.10. The van der Waals surface area contributed by atoms with Crippen molar-refractivity contribution in [2.45, 2.75) is 32.7 Å². The molecule has 0 unspecified atom stereocenters. The van der Waals surface area contributed by atoms with Crippen LogP contribution in [0.25, 0.3) is 0 Å².